The molecule has 2 aliphatic rings. The molecule has 2 aliphatic heterocycles. The van der Waals surface area contributed by atoms with Crippen molar-refractivity contribution in [1.29, 1.82) is 0 Å². The standard InChI is InChI=1S/C18H31N3O2/c1-3-15(4-2)21-10-7-14(19-21)12-20-9-5-6-17(20)16-13-23-11-8-18(16)22/h7,10,15-18,22H,3-6,8-9,11-13H2,1-2H3/t16-,17+,18-/m0/s1. The number of likely N-dealkylation sites (tertiary alicyclic amines) is 1. The van der Waals surface area contributed by atoms with Gasteiger partial charge in [0.2, 0.25) is 0 Å². The Labute approximate surface area is 139 Å². The number of nitrogens with zero attached hydrogens (tertiary/aromatic N) is 3. The van der Waals surface area contributed by atoms with E-state index in [2.05, 4.69) is 35.7 Å². The molecule has 0 aromatic carbocycles. The highest BCUT2D eigenvalue weighted by atomic mass is 16.5. The summed E-state index contributed by atoms with van der Waals surface area (Å²) in [5.41, 5.74) is 1.15. The first-order valence-electron chi connectivity index (χ1n) is 9.26. The molecule has 0 bridgehead atoms. The first-order valence-corrected chi connectivity index (χ1v) is 9.26. The van der Waals surface area contributed by atoms with Crippen LogP contribution in [0.1, 0.15) is 57.7 Å². The van der Waals surface area contributed by atoms with Gasteiger partial charge in [0.1, 0.15) is 0 Å². The number of aromatic nitrogens is 2. The monoisotopic (exact) mass is 321 g/mol. The molecule has 1 aromatic rings. The predicted molar refractivity (Wildman–Crippen MR) is 90.2 cm³/mol. The Morgan fingerprint density at radius 1 is 1.35 bits per heavy atom. The fourth-order valence-corrected chi connectivity index (χ4v) is 4.19. The van der Waals surface area contributed by atoms with Gasteiger partial charge in [-0.3, -0.25) is 9.58 Å². The minimum Gasteiger partial charge on any atom is -0.393 e. The Kier molecular flexibility index (Phi) is 5.72. The molecular formula is C18H31N3O2. The summed E-state index contributed by atoms with van der Waals surface area (Å²) in [6.07, 6.45) is 7.30. The maximum atomic E-state index is 10.3. The largest absolute Gasteiger partial charge is 0.393 e. The van der Waals surface area contributed by atoms with Crippen molar-refractivity contribution in [3.05, 3.63) is 18.0 Å². The Bertz CT molecular complexity index is 486. The van der Waals surface area contributed by atoms with Gasteiger partial charge in [-0.1, -0.05) is 13.8 Å². The Hall–Kier alpha value is -0.910. The normalized spacial score (nSPS) is 29.5. The molecule has 1 aromatic heterocycles. The first kappa shape index (κ1) is 16.9. The van der Waals surface area contributed by atoms with E-state index in [1.165, 1.54) is 12.8 Å². The van der Waals surface area contributed by atoms with Crippen LogP contribution in [0.3, 0.4) is 0 Å². The number of aliphatic hydroxyl groups is 1. The molecule has 5 heteroatoms. The van der Waals surface area contributed by atoms with E-state index < -0.39 is 0 Å². The van der Waals surface area contributed by atoms with E-state index >= 15 is 0 Å². The van der Waals surface area contributed by atoms with E-state index in [0.29, 0.717) is 25.3 Å². The molecule has 0 aliphatic carbocycles. The Balaban J connectivity index is 1.64. The number of aliphatic hydroxyl groups excluding tert-OH is 1. The van der Waals surface area contributed by atoms with Gasteiger partial charge in [-0.15, -0.1) is 0 Å². The maximum absolute atomic E-state index is 10.3. The molecule has 1 N–H and O–H groups in total. The van der Waals surface area contributed by atoms with Crippen LogP contribution in [0.25, 0.3) is 0 Å². The van der Waals surface area contributed by atoms with E-state index in [1.807, 2.05) is 0 Å². The highest BCUT2D eigenvalue weighted by Crippen LogP contribution is 2.30. The molecule has 0 saturated carbocycles. The van der Waals surface area contributed by atoms with Crippen LogP contribution < -0.4 is 0 Å². The van der Waals surface area contributed by atoms with Crippen LogP contribution in [-0.2, 0) is 11.3 Å². The lowest BCUT2D eigenvalue weighted by molar-refractivity contribution is -0.0637. The van der Waals surface area contributed by atoms with E-state index in [-0.39, 0.29) is 12.0 Å². The van der Waals surface area contributed by atoms with Gasteiger partial charge in [0, 0.05) is 31.3 Å². The smallest absolute Gasteiger partial charge is 0.0765 e. The summed E-state index contributed by atoms with van der Waals surface area (Å²) < 4.78 is 7.75. The summed E-state index contributed by atoms with van der Waals surface area (Å²) in [6.45, 7) is 7.83. The summed E-state index contributed by atoms with van der Waals surface area (Å²) in [5.74, 6) is 0.257. The molecule has 3 rings (SSSR count). The van der Waals surface area contributed by atoms with Crippen molar-refractivity contribution in [3.63, 3.8) is 0 Å². The van der Waals surface area contributed by atoms with Crippen LogP contribution in [0.5, 0.6) is 0 Å². The highest BCUT2D eigenvalue weighted by molar-refractivity contribution is 5.02. The molecule has 0 unspecified atom stereocenters. The summed E-state index contributed by atoms with van der Waals surface area (Å²) in [6, 6.07) is 3.09. The third kappa shape index (κ3) is 3.78. The zero-order chi connectivity index (χ0) is 16.2. The number of hydrogen-bond acceptors (Lipinski definition) is 4. The van der Waals surface area contributed by atoms with Crippen molar-refractivity contribution >= 4 is 0 Å². The van der Waals surface area contributed by atoms with Crippen LogP contribution in [0.2, 0.25) is 0 Å². The van der Waals surface area contributed by atoms with Gasteiger partial charge in [0.25, 0.3) is 0 Å². The third-order valence-corrected chi connectivity index (χ3v) is 5.62. The van der Waals surface area contributed by atoms with Gasteiger partial charge in [-0.05, 0) is 44.7 Å². The minimum atomic E-state index is -0.212. The lowest BCUT2D eigenvalue weighted by Gasteiger charge is -2.36. The van der Waals surface area contributed by atoms with Gasteiger partial charge in [-0.2, -0.15) is 5.10 Å². The average Bonchev–Trinajstić information content (AvgIpc) is 3.20. The van der Waals surface area contributed by atoms with Gasteiger partial charge in [0.05, 0.1) is 24.4 Å². The molecule has 23 heavy (non-hydrogen) atoms. The van der Waals surface area contributed by atoms with Crippen LogP contribution in [-0.4, -0.2) is 51.7 Å². The van der Waals surface area contributed by atoms with E-state index in [0.717, 1.165) is 38.0 Å². The summed E-state index contributed by atoms with van der Waals surface area (Å²) in [7, 11) is 0. The van der Waals surface area contributed by atoms with E-state index in [1.54, 1.807) is 0 Å². The topological polar surface area (TPSA) is 50.5 Å². The van der Waals surface area contributed by atoms with E-state index in [4.69, 9.17) is 9.84 Å². The Morgan fingerprint density at radius 3 is 2.91 bits per heavy atom. The van der Waals surface area contributed by atoms with Gasteiger partial charge in [0.15, 0.2) is 0 Å². The number of rotatable bonds is 6. The van der Waals surface area contributed by atoms with Crippen molar-refractivity contribution in [1.82, 2.24) is 14.7 Å². The van der Waals surface area contributed by atoms with Gasteiger partial charge in [-0.25, -0.2) is 0 Å². The predicted octanol–water partition coefficient (Wildman–Crippen LogP) is 2.61. The van der Waals surface area contributed by atoms with Crippen molar-refractivity contribution < 1.29 is 9.84 Å². The zero-order valence-electron chi connectivity index (χ0n) is 14.5. The molecule has 3 heterocycles. The lowest BCUT2D eigenvalue weighted by Crippen LogP contribution is -2.45. The molecular weight excluding hydrogens is 290 g/mol. The first-order chi connectivity index (χ1) is 11.2. The van der Waals surface area contributed by atoms with E-state index in [9.17, 15) is 5.11 Å². The molecule has 3 atom stereocenters. The summed E-state index contributed by atoms with van der Waals surface area (Å²) in [5, 5.41) is 15.1. The maximum Gasteiger partial charge on any atom is 0.0765 e. The highest BCUT2D eigenvalue weighted by Gasteiger charge is 2.37. The second-order valence-corrected chi connectivity index (χ2v) is 7.03. The molecule has 2 fully saturated rings. The van der Waals surface area contributed by atoms with Crippen molar-refractivity contribution in [3.8, 4) is 0 Å². The molecule has 130 valence electrons. The summed E-state index contributed by atoms with van der Waals surface area (Å²) in [4.78, 5) is 2.50. The zero-order valence-corrected chi connectivity index (χ0v) is 14.5. The molecule has 0 radical (unpaired) electrons. The molecule has 0 spiro atoms. The third-order valence-electron chi connectivity index (χ3n) is 5.62. The number of hydrogen-bond donors (Lipinski definition) is 1. The van der Waals surface area contributed by atoms with Crippen molar-refractivity contribution in [2.45, 2.75) is 70.7 Å². The van der Waals surface area contributed by atoms with Crippen LogP contribution in [0.15, 0.2) is 12.3 Å². The quantitative estimate of drug-likeness (QED) is 0.875. The molecule has 0 amide bonds. The SMILES string of the molecule is CCC(CC)n1ccc(CN2CCC[C@@H]2[C@@H]2COCC[C@@H]2O)n1. The van der Waals surface area contributed by atoms with Crippen LogP contribution >= 0.6 is 0 Å². The van der Waals surface area contributed by atoms with Crippen molar-refractivity contribution in [2.75, 3.05) is 19.8 Å². The minimum absolute atomic E-state index is 0.212. The van der Waals surface area contributed by atoms with Crippen molar-refractivity contribution in [2.24, 2.45) is 5.92 Å². The number of ether oxygens (including phenoxy) is 1. The second kappa shape index (κ2) is 7.77. The Morgan fingerprint density at radius 2 is 2.17 bits per heavy atom. The molecule has 5 nitrogen and oxygen atoms in total. The molecule has 2 saturated heterocycles. The average molecular weight is 321 g/mol. The summed E-state index contributed by atoms with van der Waals surface area (Å²) >= 11 is 0. The second-order valence-electron chi connectivity index (χ2n) is 7.03. The van der Waals surface area contributed by atoms with Crippen LogP contribution in [0.4, 0.5) is 0 Å². The fraction of sp³-hybridized carbons (Fsp3) is 0.833. The lowest BCUT2D eigenvalue weighted by atomic mass is 9.89. The van der Waals surface area contributed by atoms with Gasteiger partial charge < -0.3 is 9.84 Å². The van der Waals surface area contributed by atoms with Crippen LogP contribution in [0, 0.1) is 5.92 Å². The fourth-order valence-electron chi connectivity index (χ4n) is 4.19. The van der Waals surface area contributed by atoms with Gasteiger partial charge >= 0.3 is 0 Å².